The van der Waals surface area contributed by atoms with E-state index < -0.39 is 33.5 Å². The Labute approximate surface area is 207 Å². The second-order valence-corrected chi connectivity index (χ2v) is 8.64. The molecule has 2 aromatic carbocycles. The molecule has 1 aromatic heterocycles. The third-order valence-corrected chi connectivity index (χ3v) is 5.59. The molecule has 13 heteroatoms. The van der Waals surface area contributed by atoms with Crippen LogP contribution in [0.25, 0.3) is 11.0 Å². The topological polar surface area (TPSA) is 144 Å². The third-order valence-electron chi connectivity index (χ3n) is 4.70. The molecule has 0 fully saturated rings. The first kappa shape index (κ1) is 26.9. The Kier molecular flexibility index (Phi) is 9.18. The molecule has 36 heavy (non-hydrogen) atoms. The number of nitrogens with zero attached hydrogens (tertiary/aromatic N) is 2. The summed E-state index contributed by atoms with van der Waals surface area (Å²) in [6.07, 6.45) is -3.10. The summed E-state index contributed by atoms with van der Waals surface area (Å²) in [5.74, 6) is -0.173. The number of methoxy groups -OCH3 is 1. The number of ketones is 1. The van der Waals surface area contributed by atoms with Gasteiger partial charge in [-0.3, -0.25) is 28.3 Å². The zero-order chi connectivity index (χ0) is 26.2. The zero-order valence-corrected chi connectivity index (χ0v) is 21.0. The monoisotopic (exact) mass is 519 g/mol. The molecule has 0 saturated carbocycles. The van der Waals surface area contributed by atoms with E-state index in [2.05, 4.69) is 19.8 Å². The molecular weight excluding hydrogens is 493 g/mol. The van der Waals surface area contributed by atoms with Crippen molar-refractivity contribution in [3.8, 4) is 0 Å². The summed E-state index contributed by atoms with van der Waals surface area (Å²) in [5.41, 5.74) is 1.75. The fourth-order valence-electron chi connectivity index (χ4n) is 3.17. The largest absolute Gasteiger partial charge is 0.510 e. The maximum Gasteiger partial charge on any atom is 0.510 e. The lowest BCUT2D eigenvalue weighted by Crippen LogP contribution is -2.18. The van der Waals surface area contributed by atoms with Gasteiger partial charge in [-0.2, -0.15) is 0 Å². The van der Waals surface area contributed by atoms with Gasteiger partial charge in [0.1, 0.15) is 6.23 Å². The van der Waals surface area contributed by atoms with E-state index in [1.165, 1.54) is 11.7 Å². The molecule has 0 aliphatic rings. The predicted molar refractivity (Wildman–Crippen MR) is 129 cm³/mol. The van der Waals surface area contributed by atoms with Crippen LogP contribution in [0.1, 0.15) is 42.9 Å². The predicted octanol–water partition coefficient (Wildman–Crippen LogP) is 4.91. The van der Waals surface area contributed by atoms with Crippen molar-refractivity contribution in [3.05, 3.63) is 59.7 Å². The Balaban J connectivity index is 1.81. The molecule has 2 atom stereocenters. The highest BCUT2D eigenvalue weighted by Gasteiger charge is 2.22. The van der Waals surface area contributed by atoms with Gasteiger partial charge in [0.15, 0.2) is 5.78 Å². The molecule has 1 heterocycles. The lowest BCUT2D eigenvalue weighted by molar-refractivity contribution is -0.0133. The number of aromatic nitrogens is 2. The molecule has 0 bridgehead atoms. The lowest BCUT2D eigenvalue weighted by Gasteiger charge is -2.18. The van der Waals surface area contributed by atoms with Crippen LogP contribution in [0.15, 0.2) is 48.5 Å². The average Bonchev–Trinajstić information content (AvgIpc) is 3.20. The Bertz CT molecular complexity index is 1260. The second-order valence-electron chi connectivity index (χ2n) is 7.61. The standard InChI is InChI=1S/C23H26N3O9P/c1-14(2)34-23(29)32-13-33-36(30)35-15(3)26-19-11-10-17(20(27)16-8-6-5-7-9-16)12-18(19)24-21(26)25-22(28)31-4/h5-12,14-15,36H,13H2,1-4H3,(H,24,25,28). The van der Waals surface area contributed by atoms with Crippen LogP contribution in [0.2, 0.25) is 0 Å². The van der Waals surface area contributed by atoms with Gasteiger partial charge >= 0.3 is 20.5 Å². The number of anilines is 1. The van der Waals surface area contributed by atoms with E-state index in [-0.39, 0.29) is 17.8 Å². The van der Waals surface area contributed by atoms with E-state index in [0.29, 0.717) is 22.2 Å². The van der Waals surface area contributed by atoms with Crippen molar-refractivity contribution in [1.29, 1.82) is 0 Å². The van der Waals surface area contributed by atoms with Crippen LogP contribution < -0.4 is 5.32 Å². The maximum atomic E-state index is 12.8. The molecule has 0 spiro atoms. The van der Waals surface area contributed by atoms with Crippen molar-refractivity contribution >= 4 is 43.3 Å². The molecule has 2 unspecified atom stereocenters. The van der Waals surface area contributed by atoms with Gasteiger partial charge in [0.2, 0.25) is 12.7 Å². The molecule has 12 nitrogen and oxygen atoms in total. The van der Waals surface area contributed by atoms with Crippen molar-refractivity contribution in [2.24, 2.45) is 0 Å². The molecule has 3 aromatic rings. The van der Waals surface area contributed by atoms with Crippen LogP contribution in [-0.4, -0.2) is 47.6 Å². The maximum absolute atomic E-state index is 12.8. The second kappa shape index (κ2) is 12.3. The van der Waals surface area contributed by atoms with Gasteiger partial charge in [0, 0.05) is 11.1 Å². The molecule has 0 saturated heterocycles. The van der Waals surface area contributed by atoms with Gasteiger partial charge in [-0.15, -0.1) is 0 Å². The van der Waals surface area contributed by atoms with E-state index in [0.717, 1.165) is 0 Å². The van der Waals surface area contributed by atoms with Crippen LogP contribution in [0.3, 0.4) is 0 Å². The zero-order valence-electron chi connectivity index (χ0n) is 20.0. The molecule has 3 rings (SSSR count). The average molecular weight is 519 g/mol. The first-order valence-electron chi connectivity index (χ1n) is 10.8. The van der Waals surface area contributed by atoms with Gasteiger partial charge in [0.25, 0.3) is 0 Å². The number of benzene rings is 2. The van der Waals surface area contributed by atoms with Crippen LogP contribution in [0.4, 0.5) is 15.5 Å². The van der Waals surface area contributed by atoms with E-state index in [9.17, 15) is 18.9 Å². The van der Waals surface area contributed by atoms with Crippen LogP contribution in [0, 0.1) is 0 Å². The molecule has 0 aliphatic carbocycles. The van der Waals surface area contributed by atoms with Crippen molar-refractivity contribution in [3.63, 3.8) is 0 Å². The van der Waals surface area contributed by atoms with Gasteiger partial charge in [-0.05, 0) is 39.0 Å². The molecule has 1 amide bonds. The molecular formula is C23H26N3O9P. The minimum Gasteiger partial charge on any atom is -0.453 e. The number of imidazole rings is 1. The summed E-state index contributed by atoms with van der Waals surface area (Å²) in [4.78, 5) is 40.5. The fraction of sp³-hybridized carbons (Fsp3) is 0.304. The SMILES string of the molecule is COC(=O)Nc1nc2cc(C(=O)c3ccccc3)ccc2n1C(C)O[PH](=O)OCOC(=O)OC(C)C. The summed E-state index contributed by atoms with van der Waals surface area (Å²) in [5, 5.41) is 2.47. The highest BCUT2D eigenvalue weighted by molar-refractivity contribution is 7.33. The molecule has 1 N–H and O–H groups in total. The quantitative estimate of drug-likeness (QED) is 0.170. The molecule has 0 aliphatic heterocycles. The van der Waals surface area contributed by atoms with E-state index in [1.807, 2.05) is 6.07 Å². The van der Waals surface area contributed by atoms with E-state index in [4.69, 9.17) is 13.8 Å². The summed E-state index contributed by atoms with van der Waals surface area (Å²) in [7, 11) is -1.95. The highest BCUT2D eigenvalue weighted by atomic mass is 31.1. The Morgan fingerprint density at radius 1 is 1.06 bits per heavy atom. The number of nitrogens with one attached hydrogen (secondary N) is 1. The van der Waals surface area contributed by atoms with Gasteiger partial charge in [-0.25, -0.2) is 14.6 Å². The van der Waals surface area contributed by atoms with Gasteiger partial charge in [-0.1, -0.05) is 30.3 Å². The summed E-state index contributed by atoms with van der Waals surface area (Å²) in [6.45, 7) is 4.20. The summed E-state index contributed by atoms with van der Waals surface area (Å²) >= 11 is 0. The first-order valence-corrected chi connectivity index (χ1v) is 12.1. The fourth-order valence-corrected chi connectivity index (χ4v) is 3.78. The minimum absolute atomic E-state index is 0.0280. The highest BCUT2D eigenvalue weighted by Crippen LogP contribution is 2.34. The Morgan fingerprint density at radius 3 is 2.44 bits per heavy atom. The van der Waals surface area contributed by atoms with Crippen molar-refractivity contribution in [2.75, 3.05) is 19.2 Å². The number of ether oxygens (including phenoxy) is 3. The van der Waals surface area contributed by atoms with Crippen molar-refractivity contribution < 1.29 is 42.2 Å². The normalized spacial score (nSPS) is 12.7. The smallest absolute Gasteiger partial charge is 0.453 e. The number of hydrogen-bond acceptors (Lipinski definition) is 10. The van der Waals surface area contributed by atoms with Gasteiger partial charge < -0.3 is 14.2 Å². The van der Waals surface area contributed by atoms with Crippen LogP contribution in [0.5, 0.6) is 0 Å². The van der Waals surface area contributed by atoms with Crippen molar-refractivity contribution in [1.82, 2.24) is 9.55 Å². The lowest BCUT2D eigenvalue weighted by atomic mass is 10.0. The number of hydrogen-bond donors (Lipinski definition) is 1. The number of amides is 1. The van der Waals surface area contributed by atoms with Gasteiger partial charge in [0.05, 0.1) is 24.2 Å². The number of carbonyl (C=O) groups is 3. The summed E-state index contributed by atoms with van der Waals surface area (Å²) < 4.78 is 38.2. The van der Waals surface area contributed by atoms with E-state index >= 15 is 0 Å². The Hall–Kier alpha value is -3.73. The number of carbonyl (C=O) groups excluding carboxylic acids is 3. The van der Waals surface area contributed by atoms with Crippen LogP contribution >= 0.6 is 8.25 Å². The van der Waals surface area contributed by atoms with E-state index in [1.54, 1.807) is 63.2 Å². The number of fused-ring (bicyclic) bond motifs is 1. The third kappa shape index (κ3) is 6.91. The Morgan fingerprint density at radius 2 is 1.78 bits per heavy atom. The summed E-state index contributed by atoms with van der Waals surface area (Å²) in [6, 6.07) is 13.6. The number of rotatable bonds is 10. The minimum atomic E-state index is -3.14. The molecule has 192 valence electrons. The van der Waals surface area contributed by atoms with Crippen molar-refractivity contribution in [2.45, 2.75) is 33.1 Å². The molecule has 0 radical (unpaired) electrons. The first-order chi connectivity index (χ1) is 17.2. The van der Waals surface area contributed by atoms with Crippen LogP contribution in [-0.2, 0) is 27.8 Å².